The molecule has 0 bridgehead atoms. The summed E-state index contributed by atoms with van der Waals surface area (Å²) < 4.78 is 12.0. The fourth-order valence-corrected chi connectivity index (χ4v) is 0.463. The van der Waals surface area contributed by atoms with Crippen molar-refractivity contribution < 1.29 is 14.3 Å². The van der Waals surface area contributed by atoms with Crippen molar-refractivity contribution in [3.63, 3.8) is 0 Å². The normalized spacial score (nSPS) is 10.1. The van der Waals surface area contributed by atoms with Crippen LogP contribution in [0.2, 0.25) is 0 Å². The fourth-order valence-electron chi connectivity index (χ4n) is 0.463. The summed E-state index contributed by atoms with van der Waals surface area (Å²) in [7, 11) is 0. The molecule has 0 amide bonds. The van der Waals surface area contributed by atoms with Crippen LogP contribution in [0.1, 0.15) is 13.8 Å². The zero-order valence-electron chi connectivity index (χ0n) is 8.70. The SMILES string of the molecule is CC(C)(N)C(=O)O.Nc1ccc(F)cc1. The topological polar surface area (TPSA) is 89.3 Å². The lowest BCUT2D eigenvalue weighted by molar-refractivity contribution is -0.141. The Morgan fingerprint density at radius 3 is 1.87 bits per heavy atom. The number of halogens is 1. The summed E-state index contributed by atoms with van der Waals surface area (Å²) in [5.41, 5.74) is 9.84. The standard InChI is InChI=1S/C6H6FN.C4H9NO2/c7-5-1-3-6(8)4-2-5;1-4(2,5)3(6)7/h1-4H,8H2;5H2,1-2H3,(H,6,7). The van der Waals surface area contributed by atoms with Gasteiger partial charge >= 0.3 is 5.97 Å². The molecule has 0 fully saturated rings. The van der Waals surface area contributed by atoms with Crippen LogP contribution in [0.3, 0.4) is 0 Å². The van der Waals surface area contributed by atoms with E-state index >= 15 is 0 Å². The lowest BCUT2D eigenvalue weighted by atomic mass is 10.1. The summed E-state index contributed by atoms with van der Waals surface area (Å²) in [6.45, 7) is 2.88. The summed E-state index contributed by atoms with van der Waals surface area (Å²) in [6, 6.07) is 5.70. The molecule has 0 aliphatic heterocycles. The number of carbonyl (C=O) groups is 1. The Kier molecular flexibility index (Phi) is 4.73. The van der Waals surface area contributed by atoms with Crippen LogP contribution >= 0.6 is 0 Å². The number of hydrogen-bond donors (Lipinski definition) is 3. The van der Waals surface area contributed by atoms with E-state index < -0.39 is 11.5 Å². The van der Waals surface area contributed by atoms with Crippen LogP contribution in [0.15, 0.2) is 24.3 Å². The van der Waals surface area contributed by atoms with E-state index in [0.29, 0.717) is 5.69 Å². The van der Waals surface area contributed by atoms with Crippen LogP contribution in [-0.4, -0.2) is 16.6 Å². The van der Waals surface area contributed by atoms with E-state index in [1.165, 1.54) is 38.1 Å². The van der Waals surface area contributed by atoms with Gasteiger partial charge in [-0.05, 0) is 38.1 Å². The van der Waals surface area contributed by atoms with Crippen molar-refractivity contribution in [3.8, 4) is 0 Å². The van der Waals surface area contributed by atoms with Gasteiger partial charge in [-0.25, -0.2) is 4.39 Å². The lowest BCUT2D eigenvalue weighted by Gasteiger charge is -2.09. The van der Waals surface area contributed by atoms with Gasteiger partial charge in [0, 0.05) is 5.69 Å². The van der Waals surface area contributed by atoms with Gasteiger partial charge in [0.25, 0.3) is 0 Å². The van der Waals surface area contributed by atoms with E-state index in [2.05, 4.69) is 0 Å². The molecule has 0 spiro atoms. The van der Waals surface area contributed by atoms with Gasteiger partial charge in [0.05, 0.1) is 0 Å². The highest BCUT2D eigenvalue weighted by atomic mass is 19.1. The van der Waals surface area contributed by atoms with Crippen molar-refractivity contribution in [1.29, 1.82) is 0 Å². The zero-order chi connectivity index (χ0) is 12.1. The maximum atomic E-state index is 12.0. The first-order chi connectivity index (χ1) is 6.73. The lowest BCUT2D eigenvalue weighted by Crippen LogP contribution is -2.41. The van der Waals surface area contributed by atoms with Gasteiger partial charge in [-0.15, -0.1) is 0 Å². The zero-order valence-corrected chi connectivity index (χ0v) is 8.70. The third kappa shape index (κ3) is 6.45. The minimum Gasteiger partial charge on any atom is -0.480 e. The van der Waals surface area contributed by atoms with E-state index in [-0.39, 0.29) is 5.82 Å². The average molecular weight is 214 g/mol. The summed E-state index contributed by atoms with van der Waals surface area (Å²) in [5.74, 6) is -1.23. The molecule has 0 radical (unpaired) electrons. The molecule has 84 valence electrons. The van der Waals surface area contributed by atoms with Gasteiger partial charge in [-0.1, -0.05) is 0 Å². The molecule has 0 heterocycles. The Morgan fingerprint density at radius 2 is 1.67 bits per heavy atom. The van der Waals surface area contributed by atoms with Gasteiger partial charge in [0.1, 0.15) is 11.4 Å². The van der Waals surface area contributed by atoms with Gasteiger partial charge < -0.3 is 16.6 Å². The second kappa shape index (κ2) is 5.31. The minimum atomic E-state index is -1.08. The molecule has 0 unspecified atom stereocenters. The molecule has 0 aromatic heterocycles. The first kappa shape index (κ1) is 13.4. The van der Waals surface area contributed by atoms with Crippen LogP contribution in [0, 0.1) is 5.82 Å². The Bertz CT molecular complexity index is 296. The number of carboxylic acids is 1. The number of rotatable bonds is 1. The predicted octanol–water partition coefficient (Wildman–Crippen LogP) is 1.22. The number of benzene rings is 1. The van der Waals surface area contributed by atoms with Crippen molar-refractivity contribution in [2.45, 2.75) is 19.4 Å². The molecule has 1 aromatic carbocycles. The highest BCUT2D eigenvalue weighted by Gasteiger charge is 2.19. The molecule has 1 rings (SSSR count). The van der Waals surface area contributed by atoms with Crippen molar-refractivity contribution >= 4 is 11.7 Å². The first-order valence-electron chi connectivity index (χ1n) is 4.27. The fraction of sp³-hybridized carbons (Fsp3) is 0.300. The highest BCUT2D eigenvalue weighted by molar-refractivity contribution is 5.77. The Hall–Kier alpha value is -1.62. The highest BCUT2D eigenvalue weighted by Crippen LogP contribution is 2.01. The molecule has 0 saturated heterocycles. The number of aliphatic carboxylic acids is 1. The van der Waals surface area contributed by atoms with E-state index in [9.17, 15) is 9.18 Å². The van der Waals surface area contributed by atoms with Gasteiger partial charge in [0.15, 0.2) is 0 Å². The van der Waals surface area contributed by atoms with Crippen LogP contribution in [0.25, 0.3) is 0 Å². The molecule has 0 saturated carbocycles. The summed E-state index contributed by atoms with van der Waals surface area (Å²) in [6.07, 6.45) is 0. The largest absolute Gasteiger partial charge is 0.480 e. The molecule has 5 N–H and O–H groups in total. The molecular weight excluding hydrogens is 199 g/mol. The first-order valence-corrected chi connectivity index (χ1v) is 4.27. The van der Waals surface area contributed by atoms with Gasteiger partial charge in [-0.3, -0.25) is 4.79 Å². The molecule has 0 aliphatic carbocycles. The maximum Gasteiger partial charge on any atom is 0.323 e. The van der Waals surface area contributed by atoms with Crippen molar-refractivity contribution in [3.05, 3.63) is 30.1 Å². The monoisotopic (exact) mass is 214 g/mol. The van der Waals surface area contributed by atoms with Crippen molar-refractivity contribution in [2.24, 2.45) is 5.73 Å². The number of hydrogen-bond acceptors (Lipinski definition) is 3. The minimum absolute atomic E-state index is 0.251. The van der Waals surface area contributed by atoms with Crippen LogP contribution in [0.5, 0.6) is 0 Å². The molecule has 5 heteroatoms. The Labute approximate surface area is 87.7 Å². The molecule has 0 aliphatic rings. The van der Waals surface area contributed by atoms with E-state index in [1.54, 1.807) is 0 Å². The van der Waals surface area contributed by atoms with Crippen LogP contribution in [-0.2, 0) is 4.79 Å². The van der Waals surface area contributed by atoms with Crippen LogP contribution < -0.4 is 11.5 Å². The molecule has 4 nitrogen and oxygen atoms in total. The summed E-state index contributed by atoms with van der Waals surface area (Å²) in [5, 5.41) is 8.12. The number of nitrogen functional groups attached to an aromatic ring is 1. The smallest absolute Gasteiger partial charge is 0.323 e. The Balaban J connectivity index is 0.000000265. The molecular formula is C10H15FN2O2. The van der Waals surface area contributed by atoms with Crippen molar-refractivity contribution in [1.82, 2.24) is 0 Å². The van der Waals surface area contributed by atoms with Gasteiger partial charge in [-0.2, -0.15) is 0 Å². The Morgan fingerprint density at radius 1 is 1.33 bits per heavy atom. The molecule has 15 heavy (non-hydrogen) atoms. The third-order valence-corrected chi connectivity index (χ3v) is 1.42. The molecule has 0 atom stereocenters. The maximum absolute atomic E-state index is 12.0. The summed E-state index contributed by atoms with van der Waals surface area (Å²) in [4.78, 5) is 9.90. The number of carboxylic acid groups (broad SMARTS) is 1. The summed E-state index contributed by atoms with van der Waals surface area (Å²) >= 11 is 0. The van der Waals surface area contributed by atoms with Crippen molar-refractivity contribution in [2.75, 3.05) is 5.73 Å². The number of nitrogens with two attached hydrogens (primary N) is 2. The predicted molar refractivity (Wildman–Crippen MR) is 56.7 cm³/mol. The second-order valence-corrected chi connectivity index (χ2v) is 3.58. The quantitative estimate of drug-likeness (QED) is 0.613. The van der Waals surface area contributed by atoms with Crippen LogP contribution in [0.4, 0.5) is 10.1 Å². The van der Waals surface area contributed by atoms with Gasteiger partial charge in [0.2, 0.25) is 0 Å². The average Bonchev–Trinajstić information content (AvgIpc) is 2.09. The third-order valence-electron chi connectivity index (χ3n) is 1.42. The van der Waals surface area contributed by atoms with E-state index in [4.69, 9.17) is 16.6 Å². The van der Waals surface area contributed by atoms with E-state index in [0.717, 1.165) is 0 Å². The second-order valence-electron chi connectivity index (χ2n) is 3.58. The molecule has 1 aromatic rings. The van der Waals surface area contributed by atoms with E-state index in [1.807, 2.05) is 0 Å². The number of anilines is 1.